The highest BCUT2D eigenvalue weighted by molar-refractivity contribution is 7.22. The number of rotatable bonds is 4. The van der Waals surface area contributed by atoms with Crippen LogP contribution in [0.3, 0.4) is 0 Å². The van der Waals surface area contributed by atoms with Gasteiger partial charge in [-0.15, -0.1) is 11.3 Å². The van der Waals surface area contributed by atoms with Crippen LogP contribution in [0.25, 0.3) is 119 Å². The number of thiophene rings is 1. The van der Waals surface area contributed by atoms with Gasteiger partial charge in [0, 0.05) is 15.8 Å². The minimum absolute atomic E-state index is 0.721. The fourth-order valence-electron chi connectivity index (χ4n) is 8.93. The summed E-state index contributed by atoms with van der Waals surface area (Å²) in [6.45, 7) is 0. The van der Waals surface area contributed by atoms with Gasteiger partial charge in [0.1, 0.15) is 0 Å². The third-order valence-electron chi connectivity index (χ3n) is 11.4. The smallest absolute Gasteiger partial charge is 0.160 e. The molecule has 2 aromatic heterocycles. The van der Waals surface area contributed by atoms with Gasteiger partial charge in [0.2, 0.25) is 0 Å². The zero-order valence-electron chi connectivity index (χ0n) is 29.6. The molecule has 0 bridgehead atoms. The van der Waals surface area contributed by atoms with E-state index in [4.69, 9.17) is 9.97 Å². The second kappa shape index (κ2) is 11.8. The van der Waals surface area contributed by atoms with Gasteiger partial charge in [-0.2, -0.15) is 0 Å². The first-order valence-electron chi connectivity index (χ1n) is 18.7. The average molecular weight is 715 g/mol. The maximum absolute atomic E-state index is 5.30. The summed E-state index contributed by atoms with van der Waals surface area (Å²) in [5.74, 6) is 0.721. The number of hydrogen-bond donors (Lipinski definition) is 0. The van der Waals surface area contributed by atoms with E-state index in [9.17, 15) is 0 Å². The molecule has 0 unspecified atom stereocenters. The summed E-state index contributed by atoms with van der Waals surface area (Å²) >= 11 is 1.78. The Labute approximate surface area is 320 Å². The van der Waals surface area contributed by atoms with Gasteiger partial charge in [-0.25, -0.2) is 9.97 Å². The van der Waals surface area contributed by atoms with Gasteiger partial charge >= 0.3 is 0 Å². The van der Waals surface area contributed by atoms with Crippen molar-refractivity contribution in [2.45, 2.75) is 0 Å². The van der Waals surface area contributed by atoms with Crippen molar-refractivity contribution in [3.8, 4) is 44.3 Å². The standard InChI is InChI=1S/C52H30N2S/c1-2-11-34(12-3-1)52-53-44(30-45(54-52)47-29-35-13-4-7-22-46(35)55-47)39-18-6-5-17-38(39)37-27-36-26-25-33-15-9-20-41-40-19-8-14-31-23-24-32-16-10-21-42(50(32)48(31)40)43(28-37)51(36)49(33)41/h1-30H. The summed E-state index contributed by atoms with van der Waals surface area (Å²) in [7, 11) is 0. The first-order chi connectivity index (χ1) is 27.2. The van der Waals surface area contributed by atoms with E-state index in [-0.39, 0.29) is 0 Å². The molecule has 0 N–H and O–H groups in total. The third-order valence-corrected chi connectivity index (χ3v) is 12.5. The zero-order valence-corrected chi connectivity index (χ0v) is 30.4. The molecule has 2 nitrogen and oxygen atoms in total. The van der Waals surface area contributed by atoms with Crippen LogP contribution in [-0.2, 0) is 0 Å². The topological polar surface area (TPSA) is 25.8 Å². The second-order valence-electron chi connectivity index (χ2n) is 14.5. The molecule has 0 atom stereocenters. The molecule has 0 saturated heterocycles. The lowest BCUT2D eigenvalue weighted by molar-refractivity contribution is 1.19. The van der Waals surface area contributed by atoms with E-state index in [1.54, 1.807) is 11.3 Å². The lowest BCUT2D eigenvalue weighted by Crippen LogP contribution is -1.96. The largest absolute Gasteiger partial charge is 0.228 e. The van der Waals surface area contributed by atoms with E-state index in [0.29, 0.717) is 0 Å². The highest BCUT2D eigenvalue weighted by Gasteiger charge is 2.19. The number of benzene rings is 9. The first-order valence-corrected chi connectivity index (χ1v) is 19.5. The lowest BCUT2D eigenvalue weighted by Gasteiger charge is -2.18. The summed E-state index contributed by atoms with van der Waals surface area (Å²) in [5, 5.41) is 16.6. The average Bonchev–Trinajstić information content (AvgIpc) is 3.70. The van der Waals surface area contributed by atoms with Crippen molar-refractivity contribution in [2.24, 2.45) is 0 Å². The molecular formula is C52H30N2S. The molecule has 0 aliphatic heterocycles. The normalized spacial score (nSPS) is 12.0. The highest BCUT2D eigenvalue weighted by Crippen LogP contribution is 2.45. The van der Waals surface area contributed by atoms with Gasteiger partial charge in [-0.1, -0.05) is 152 Å². The van der Waals surface area contributed by atoms with E-state index in [1.807, 2.05) is 6.07 Å². The van der Waals surface area contributed by atoms with E-state index in [1.165, 1.54) is 74.7 Å². The molecule has 3 heteroatoms. The molecule has 55 heavy (non-hydrogen) atoms. The summed E-state index contributed by atoms with van der Waals surface area (Å²) < 4.78 is 1.25. The highest BCUT2D eigenvalue weighted by atomic mass is 32.1. The Morgan fingerprint density at radius 3 is 1.56 bits per heavy atom. The Kier molecular flexibility index (Phi) is 6.54. The van der Waals surface area contributed by atoms with Gasteiger partial charge < -0.3 is 0 Å². The van der Waals surface area contributed by atoms with Gasteiger partial charge in [0.25, 0.3) is 0 Å². The number of fused-ring (bicyclic) bond motifs is 3. The first kappa shape index (κ1) is 30.5. The Morgan fingerprint density at radius 2 is 0.873 bits per heavy atom. The minimum Gasteiger partial charge on any atom is -0.228 e. The van der Waals surface area contributed by atoms with Crippen LogP contribution in [0.1, 0.15) is 0 Å². The Balaban J connectivity index is 1.17. The van der Waals surface area contributed by atoms with Crippen LogP contribution in [0, 0.1) is 0 Å². The monoisotopic (exact) mass is 714 g/mol. The van der Waals surface area contributed by atoms with Crippen molar-refractivity contribution in [3.63, 3.8) is 0 Å². The van der Waals surface area contributed by atoms with E-state index < -0.39 is 0 Å². The van der Waals surface area contributed by atoms with Crippen molar-refractivity contribution in [3.05, 3.63) is 182 Å². The van der Waals surface area contributed by atoms with Crippen LogP contribution in [0.15, 0.2) is 182 Å². The molecule has 0 spiro atoms. The Morgan fingerprint density at radius 1 is 0.327 bits per heavy atom. The van der Waals surface area contributed by atoms with Crippen LogP contribution < -0.4 is 0 Å². The molecular weight excluding hydrogens is 685 g/mol. The van der Waals surface area contributed by atoms with Crippen molar-refractivity contribution in [1.82, 2.24) is 9.97 Å². The summed E-state index contributed by atoms with van der Waals surface area (Å²) in [5.41, 5.74) is 6.21. The quantitative estimate of drug-likeness (QED) is 0.170. The van der Waals surface area contributed by atoms with Crippen LogP contribution in [0.2, 0.25) is 0 Å². The number of hydrogen-bond acceptors (Lipinski definition) is 3. The maximum atomic E-state index is 5.30. The Hall–Kier alpha value is -6.94. The van der Waals surface area contributed by atoms with E-state index in [2.05, 4.69) is 176 Å². The minimum atomic E-state index is 0.721. The van der Waals surface area contributed by atoms with Gasteiger partial charge in [0.15, 0.2) is 5.82 Å². The van der Waals surface area contributed by atoms with Crippen LogP contribution >= 0.6 is 11.3 Å². The molecule has 12 rings (SSSR count). The molecule has 0 aliphatic carbocycles. The second-order valence-corrected chi connectivity index (χ2v) is 15.6. The zero-order chi connectivity index (χ0) is 36.0. The molecule has 0 fully saturated rings. The summed E-state index contributed by atoms with van der Waals surface area (Å²) in [6.07, 6.45) is 0. The van der Waals surface area contributed by atoms with Gasteiger partial charge in [-0.3, -0.25) is 0 Å². The molecule has 0 radical (unpaired) electrons. The van der Waals surface area contributed by atoms with Crippen molar-refractivity contribution in [1.29, 1.82) is 0 Å². The fraction of sp³-hybridized carbons (Fsp3) is 0. The van der Waals surface area contributed by atoms with Gasteiger partial charge in [-0.05, 0) is 111 Å². The molecule has 10 aromatic carbocycles. The molecule has 0 aliphatic rings. The predicted molar refractivity (Wildman–Crippen MR) is 235 cm³/mol. The molecule has 2 heterocycles. The van der Waals surface area contributed by atoms with Crippen molar-refractivity contribution < 1.29 is 0 Å². The molecule has 12 aromatic rings. The summed E-state index contributed by atoms with van der Waals surface area (Å²) in [6, 6.07) is 66.4. The lowest BCUT2D eigenvalue weighted by atomic mass is 9.86. The predicted octanol–water partition coefficient (Wildman–Crippen LogP) is 14.7. The number of aromatic nitrogens is 2. The van der Waals surface area contributed by atoms with Crippen molar-refractivity contribution >= 4 is 86.1 Å². The van der Waals surface area contributed by atoms with Crippen LogP contribution in [0.4, 0.5) is 0 Å². The van der Waals surface area contributed by atoms with Crippen LogP contribution in [0.5, 0.6) is 0 Å². The van der Waals surface area contributed by atoms with Gasteiger partial charge in [0.05, 0.1) is 16.3 Å². The summed E-state index contributed by atoms with van der Waals surface area (Å²) in [4.78, 5) is 11.6. The number of nitrogens with zero attached hydrogens (tertiary/aromatic N) is 2. The van der Waals surface area contributed by atoms with Crippen molar-refractivity contribution in [2.75, 3.05) is 0 Å². The van der Waals surface area contributed by atoms with E-state index in [0.717, 1.165) is 44.3 Å². The van der Waals surface area contributed by atoms with E-state index >= 15 is 0 Å². The third kappa shape index (κ3) is 4.67. The van der Waals surface area contributed by atoms with Crippen LogP contribution in [-0.4, -0.2) is 9.97 Å². The SMILES string of the molecule is c1ccc(-c2nc(-c3cc4ccccc4s3)cc(-c3ccccc3-c3cc4ccc5cccc6c7cccc8ccc9cccc(c(c3)c4c56)c9c87)n2)cc1. The maximum Gasteiger partial charge on any atom is 0.160 e. The molecule has 0 saturated carbocycles. The fourth-order valence-corrected chi connectivity index (χ4v) is 9.96. The molecule has 254 valence electrons. The molecule has 0 amide bonds. The Bertz CT molecular complexity index is 3450.